The molecule has 0 aliphatic carbocycles. The first-order valence-electron chi connectivity index (χ1n) is 6.88. The van der Waals surface area contributed by atoms with Gasteiger partial charge in [-0.3, -0.25) is 9.59 Å². The van der Waals surface area contributed by atoms with Gasteiger partial charge in [-0.25, -0.2) is 5.43 Å². The highest BCUT2D eigenvalue weighted by molar-refractivity contribution is 5.97. The Labute approximate surface area is 131 Å². The number of aromatic amines is 1. The van der Waals surface area contributed by atoms with Crippen molar-refractivity contribution >= 4 is 23.0 Å². The number of nitrogens with zero attached hydrogens (tertiary/aromatic N) is 1. The summed E-state index contributed by atoms with van der Waals surface area (Å²) in [6.45, 7) is 0. The van der Waals surface area contributed by atoms with Crippen LogP contribution < -0.4 is 10.9 Å². The minimum atomic E-state index is -0.622. The summed E-state index contributed by atoms with van der Waals surface area (Å²) in [5.74, 6) is -0.572. The van der Waals surface area contributed by atoms with Crippen LogP contribution in [0.25, 0.3) is 10.9 Å². The van der Waals surface area contributed by atoms with E-state index in [9.17, 15) is 14.7 Å². The van der Waals surface area contributed by atoms with Gasteiger partial charge in [0, 0.05) is 22.7 Å². The third-order valence-corrected chi connectivity index (χ3v) is 3.34. The summed E-state index contributed by atoms with van der Waals surface area (Å²) < 4.78 is 0. The number of carbonyl (C=O) groups is 1. The third-order valence-electron chi connectivity index (χ3n) is 3.34. The summed E-state index contributed by atoms with van der Waals surface area (Å²) in [4.78, 5) is 27.3. The van der Waals surface area contributed by atoms with E-state index < -0.39 is 5.91 Å². The molecule has 0 fully saturated rings. The number of hydrogen-bond acceptors (Lipinski definition) is 4. The van der Waals surface area contributed by atoms with E-state index in [1.54, 1.807) is 42.5 Å². The second kappa shape index (κ2) is 6.15. The molecule has 0 atom stereocenters. The van der Waals surface area contributed by atoms with E-state index in [1.807, 2.05) is 0 Å². The van der Waals surface area contributed by atoms with Gasteiger partial charge in [0.2, 0.25) is 5.43 Å². The molecule has 3 rings (SSSR count). The van der Waals surface area contributed by atoms with Crippen LogP contribution in [0.1, 0.15) is 15.9 Å². The lowest BCUT2D eigenvalue weighted by atomic mass is 10.1. The molecule has 0 bridgehead atoms. The largest absolute Gasteiger partial charge is 0.507 e. The molecular weight excluding hydrogens is 294 g/mol. The van der Waals surface area contributed by atoms with Crippen LogP contribution in [-0.2, 0) is 0 Å². The number of phenols is 1. The van der Waals surface area contributed by atoms with E-state index in [-0.39, 0.29) is 16.7 Å². The van der Waals surface area contributed by atoms with Crippen molar-refractivity contribution in [3.8, 4) is 5.75 Å². The molecule has 23 heavy (non-hydrogen) atoms. The molecule has 0 saturated heterocycles. The van der Waals surface area contributed by atoms with Gasteiger partial charge in [0.05, 0.1) is 6.21 Å². The highest BCUT2D eigenvalue weighted by Crippen LogP contribution is 2.12. The molecule has 6 heteroatoms. The topological polar surface area (TPSA) is 94.5 Å². The van der Waals surface area contributed by atoms with Crippen LogP contribution in [0.5, 0.6) is 5.75 Å². The number of hydrazone groups is 1. The Morgan fingerprint density at radius 3 is 2.70 bits per heavy atom. The number of nitrogens with one attached hydrogen (secondary N) is 2. The Kier molecular flexibility index (Phi) is 3.88. The molecule has 114 valence electrons. The molecule has 6 nitrogen and oxygen atoms in total. The fraction of sp³-hybridized carbons (Fsp3) is 0. The number of H-pyrrole nitrogens is 1. The number of rotatable bonds is 3. The smallest absolute Gasteiger partial charge is 0.276 e. The first kappa shape index (κ1) is 14.5. The molecule has 3 N–H and O–H groups in total. The molecule has 1 aromatic heterocycles. The van der Waals surface area contributed by atoms with E-state index in [0.717, 1.165) is 0 Å². The number of benzene rings is 2. The molecule has 0 aliphatic heterocycles. The summed E-state index contributed by atoms with van der Waals surface area (Å²) in [6.07, 6.45) is 2.66. The Bertz CT molecular complexity index is 960. The molecule has 1 amide bonds. The molecule has 0 spiro atoms. The second-order valence-corrected chi connectivity index (χ2v) is 4.84. The summed E-state index contributed by atoms with van der Waals surface area (Å²) in [5, 5.41) is 13.8. The zero-order valence-electron chi connectivity index (χ0n) is 12.0. The van der Waals surface area contributed by atoms with Crippen molar-refractivity contribution in [1.29, 1.82) is 0 Å². The van der Waals surface area contributed by atoms with Crippen LogP contribution in [0.3, 0.4) is 0 Å². The van der Waals surface area contributed by atoms with Gasteiger partial charge in [0.25, 0.3) is 5.91 Å². The average molecular weight is 307 g/mol. The van der Waals surface area contributed by atoms with E-state index in [1.165, 1.54) is 18.5 Å². The highest BCUT2D eigenvalue weighted by atomic mass is 16.3. The molecule has 3 aromatic rings. The van der Waals surface area contributed by atoms with E-state index in [0.29, 0.717) is 16.5 Å². The summed E-state index contributed by atoms with van der Waals surface area (Å²) in [5.41, 5.74) is 3.00. The number of amides is 1. The van der Waals surface area contributed by atoms with Crippen molar-refractivity contribution in [1.82, 2.24) is 10.4 Å². The molecule has 0 radical (unpaired) electrons. The van der Waals surface area contributed by atoms with E-state index in [4.69, 9.17) is 0 Å². The van der Waals surface area contributed by atoms with Crippen molar-refractivity contribution in [3.05, 3.63) is 76.1 Å². The van der Waals surface area contributed by atoms with Crippen LogP contribution in [0, 0.1) is 0 Å². The lowest BCUT2D eigenvalue weighted by molar-refractivity contribution is 0.0954. The number of carbonyl (C=O) groups excluding carboxylic acids is 1. The average Bonchev–Trinajstić information content (AvgIpc) is 2.57. The van der Waals surface area contributed by atoms with Crippen LogP contribution in [0.15, 0.2) is 64.6 Å². The van der Waals surface area contributed by atoms with Gasteiger partial charge < -0.3 is 10.1 Å². The number of para-hydroxylation sites is 2. The van der Waals surface area contributed by atoms with Gasteiger partial charge in [0.15, 0.2) is 0 Å². The van der Waals surface area contributed by atoms with Crippen LogP contribution in [0.4, 0.5) is 0 Å². The van der Waals surface area contributed by atoms with Gasteiger partial charge in [-0.2, -0.15) is 5.10 Å². The van der Waals surface area contributed by atoms with Crippen LogP contribution >= 0.6 is 0 Å². The number of hydrogen-bond donors (Lipinski definition) is 3. The minimum Gasteiger partial charge on any atom is -0.507 e. The quantitative estimate of drug-likeness (QED) is 0.510. The zero-order valence-corrected chi connectivity index (χ0v) is 12.0. The number of aromatic nitrogens is 1. The van der Waals surface area contributed by atoms with E-state index in [2.05, 4.69) is 15.5 Å². The minimum absolute atomic E-state index is 0.0295. The summed E-state index contributed by atoms with van der Waals surface area (Å²) >= 11 is 0. The van der Waals surface area contributed by atoms with Gasteiger partial charge in [-0.05, 0) is 24.3 Å². The predicted molar refractivity (Wildman–Crippen MR) is 87.7 cm³/mol. The first-order chi connectivity index (χ1) is 11.2. The van der Waals surface area contributed by atoms with Gasteiger partial charge >= 0.3 is 0 Å². The van der Waals surface area contributed by atoms with Gasteiger partial charge in [-0.1, -0.05) is 24.3 Å². The fourth-order valence-electron chi connectivity index (χ4n) is 2.15. The lowest BCUT2D eigenvalue weighted by Gasteiger charge is -2.02. The van der Waals surface area contributed by atoms with Gasteiger partial charge in [0.1, 0.15) is 11.3 Å². The maximum atomic E-state index is 12.3. The second-order valence-electron chi connectivity index (χ2n) is 4.84. The maximum absolute atomic E-state index is 12.3. The SMILES string of the molecule is O=C(N/N=C/c1ccccc1O)c1c[nH]c2ccccc2c1=O. The van der Waals surface area contributed by atoms with Crippen molar-refractivity contribution in [3.63, 3.8) is 0 Å². The Balaban J connectivity index is 1.83. The van der Waals surface area contributed by atoms with Crippen LogP contribution in [0.2, 0.25) is 0 Å². The first-order valence-corrected chi connectivity index (χ1v) is 6.88. The molecule has 1 heterocycles. The van der Waals surface area contributed by atoms with E-state index >= 15 is 0 Å². The van der Waals surface area contributed by atoms with Crippen molar-refractivity contribution in [2.24, 2.45) is 5.10 Å². The molecule has 0 saturated carbocycles. The number of phenolic OH excluding ortho intramolecular Hbond substituents is 1. The summed E-state index contributed by atoms with van der Waals surface area (Å²) in [7, 11) is 0. The highest BCUT2D eigenvalue weighted by Gasteiger charge is 2.11. The van der Waals surface area contributed by atoms with Crippen molar-refractivity contribution < 1.29 is 9.90 Å². The number of pyridine rings is 1. The molecule has 2 aromatic carbocycles. The number of aromatic hydroxyl groups is 1. The zero-order chi connectivity index (χ0) is 16.2. The Morgan fingerprint density at radius 1 is 1.13 bits per heavy atom. The molecule has 0 aliphatic rings. The number of fused-ring (bicyclic) bond motifs is 1. The monoisotopic (exact) mass is 307 g/mol. The lowest BCUT2D eigenvalue weighted by Crippen LogP contribution is -2.25. The van der Waals surface area contributed by atoms with Crippen LogP contribution in [-0.4, -0.2) is 22.2 Å². The van der Waals surface area contributed by atoms with Crippen molar-refractivity contribution in [2.75, 3.05) is 0 Å². The van der Waals surface area contributed by atoms with Crippen molar-refractivity contribution in [2.45, 2.75) is 0 Å². The molecular formula is C17H13N3O3. The normalized spacial score (nSPS) is 11.0. The predicted octanol–water partition coefficient (Wildman–Crippen LogP) is 2.00. The Hall–Kier alpha value is -3.41. The Morgan fingerprint density at radius 2 is 1.87 bits per heavy atom. The maximum Gasteiger partial charge on any atom is 0.276 e. The standard InChI is InChI=1S/C17H13N3O3/c21-15-8-4-1-5-11(15)9-19-20-17(23)13-10-18-14-7-3-2-6-12(14)16(13)22/h1-10,21H,(H,18,22)(H,20,23)/b19-9+. The third kappa shape index (κ3) is 2.96. The summed E-state index contributed by atoms with van der Waals surface area (Å²) in [6, 6.07) is 13.5. The molecule has 0 unspecified atom stereocenters. The van der Waals surface area contributed by atoms with Gasteiger partial charge in [-0.15, -0.1) is 0 Å². The fourth-order valence-corrected chi connectivity index (χ4v) is 2.15.